The molecule has 20 heavy (non-hydrogen) atoms. The van der Waals surface area contributed by atoms with E-state index in [2.05, 4.69) is 4.98 Å². The third kappa shape index (κ3) is 2.14. The Labute approximate surface area is 115 Å². The molecule has 0 aliphatic heterocycles. The van der Waals surface area contributed by atoms with E-state index in [0.717, 1.165) is 15.5 Å². The van der Waals surface area contributed by atoms with Crippen LogP contribution in [0.5, 0.6) is 0 Å². The average molecular weight is 298 g/mol. The topological polar surface area (TPSA) is 37.8 Å². The molecule has 0 bridgehead atoms. The summed E-state index contributed by atoms with van der Waals surface area (Å²) < 4.78 is 40.3. The first-order valence-corrected chi connectivity index (χ1v) is 6.66. The van der Waals surface area contributed by atoms with Crippen molar-refractivity contribution in [2.75, 3.05) is 0 Å². The second-order valence-electron chi connectivity index (χ2n) is 4.30. The number of imidazole rings is 1. The van der Waals surface area contributed by atoms with Crippen LogP contribution in [0.25, 0.3) is 11.0 Å². The lowest BCUT2D eigenvalue weighted by Crippen LogP contribution is -2.18. The number of halogens is 3. The zero-order valence-electron chi connectivity index (χ0n) is 10.1. The van der Waals surface area contributed by atoms with Gasteiger partial charge >= 0.3 is 11.9 Å². The number of para-hydroxylation sites is 1. The smallest absolute Gasteiger partial charge is 0.306 e. The molecule has 0 radical (unpaired) electrons. The molecule has 0 amide bonds. The van der Waals surface area contributed by atoms with Gasteiger partial charge in [0, 0.05) is 4.88 Å². The molecule has 104 valence electrons. The van der Waals surface area contributed by atoms with E-state index in [1.54, 1.807) is 12.1 Å². The molecule has 3 aromatic rings. The first-order chi connectivity index (χ1) is 9.47. The van der Waals surface area contributed by atoms with E-state index in [9.17, 15) is 18.0 Å². The largest absolute Gasteiger partial charge is 0.418 e. The summed E-state index contributed by atoms with van der Waals surface area (Å²) in [6, 6.07) is 7.32. The molecule has 3 rings (SSSR count). The van der Waals surface area contributed by atoms with E-state index in [1.165, 1.54) is 23.5 Å². The van der Waals surface area contributed by atoms with E-state index in [4.69, 9.17) is 0 Å². The normalized spacial score (nSPS) is 12.2. The highest BCUT2D eigenvalue weighted by Gasteiger charge is 2.34. The van der Waals surface area contributed by atoms with E-state index >= 15 is 0 Å². The zero-order valence-corrected chi connectivity index (χ0v) is 10.9. The molecule has 2 aromatic heterocycles. The van der Waals surface area contributed by atoms with Crippen LogP contribution in [-0.2, 0) is 12.7 Å². The molecular weight excluding hydrogens is 289 g/mol. The van der Waals surface area contributed by atoms with E-state index < -0.39 is 17.4 Å². The minimum atomic E-state index is -4.49. The second-order valence-corrected chi connectivity index (χ2v) is 5.33. The summed E-state index contributed by atoms with van der Waals surface area (Å²) >= 11 is 1.40. The van der Waals surface area contributed by atoms with Crippen molar-refractivity contribution in [2.24, 2.45) is 0 Å². The van der Waals surface area contributed by atoms with Crippen LogP contribution in [0, 0.1) is 0 Å². The molecule has 7 heteroatoms. The summed E-state index contributed by atoms with van der Waals surface area (Å²) in [6.07, 6.45) is -4.49. The number of aromatic amines is 1. The van der Waals surface area contributed by atoms with Crippen molar-refractivity contribution in [3.8, 4) is 0 Å². The van der Waals surface area contributed by atoms with Crippen LogP contribution in [-0.4, -0.2) is 9.55 Å². The second kappa shape index (κ2) is 4.52. The Morgan fingerprint density at radius 3 is 2.65 bits per heavy atom. The minimum Gasteiger partial charge on any atom is -0.306 e. The number of nitrogens with zero attached hydrogens (tertiary/aromatic N) is 1. The Morgan fingerprint density at radius 2 is 2.00 bits per heavy atom. The summed E-state index contributed by atoms with van der Waals surface area (Å²) in [5.74, 6) is 0. The minimum absolute atomic E-state index is 0.0987. The SMILES string of the molecule is O=c1[nH]c2cccc(C(F)(F)F)c2n1Cc1cccs1. The van der Waals surface area contributed by atoms with Crippen LogP contribution >= 0.6 is 11.3 Å². The van der Waals surface area contributed by atoms with Gasteiger partial charge in [-0.1, -0.05) is 12.1 Å². The first kappa shape index (κ1) is 13.0. The quantitative estimate of drug-likeness (QED) is 0.773. The Balaban J connectivity index is 2.25. The Bertz CT molecular complexity index is 799. The maximum absolute atomic E-state index is 13.1. The number of fused-ring (bicyclic) bond motifs is 1. The van der Waals surface area contributed by atoms with Gasteiger partial charge in [0.25, 0.3) is 0 Å². The van der Waals surface area contributed by atoms with E-state index in [1.807, 2.05) is 5.38 Å². The van der Waals surface area contributed by atoms with Gasteiger partial charge in [-0.05, 0) is 23.6 Å². The van der Waals surface area contributed by atoms with Crippen molar-refractivity contribution in [1.29, 1.82) is 0 Å². The van der Waals surface area contributed by atoms with Gasteiger partial charge in [-0.3, -0.25) is 4.57 Å². The van der Waals surface area contributed by atoms with Gasteiger partial charge in [-0.15, -0.1) is 11.3 Å². The summed E-state index contributed by atoms with van der Waals surface area (Å²) in [6.45, 7) is 0.129. The van der Waals surface area contributed by atoms with Crippen LogP contribution in [0.1, 0.15) is 10.4 Å². The first-order valence-electron chi connectivity index (χ1n) is 5.78. The highest BCUT2D eigenvalue weighted by molar-refractivity contribution is 7.09. The fraction of sp³-hybridized carbons (Fsp3) is 0.154. The van der Waals surface area contributed by atoms with Gasteiger partial charge in [0.1, 0.15) is 0 Å². The predicted octanol–water partition coefficient (Wildman–Crippen LogP) is 3.46. The van der Waals surface area contributed by atoms with Crippen molar-refractivity contribution in [3.05, 3.63) is 56.6 Å². The highest BCUT2D eigenvalue weighted by Crippen LogP contribution is 2.34. The third-order valence-electron chi connectivity index (χ3n) is 2.99. The molecule has 1 aromatic carbocycles. The number of nitrogens with one attached hydrogen (secondary N) is 1. The van der Waals surface area contributed by atoms with E-state index in [-0.39, 0.29) is 17.6 Å². The molecule has 0 aliphatic carbocycles. The maximum Gasteiger partial charge on any atom is 0.418 e. The van der Waals surface area contributed by atoms with Crippen molar-refractivity contribution in [3.63, 3.8) is 0 Å². The number of alkyl halides is 3. The highest BCUT2D eigenvalue weighted by atomic mass is 32.1. The fourth-order valence-corrected chi connectivity index (χ4v) is 2.85. The van der Waals surface area contributed by atoms with Crippen molar-refractivity contribution >= 4 is 22.4 Å². The molecule has 0 saturated carbocycles. The van der Waals surface area contributed by atoms with Gasteiger partial charge in [0.2, 0.25) is 0 Å². The van der Waals surface area contributed by atoms with Crippen molar-refractivity contribution in [2.45, 2.75) is 12.7 Å². The molecule has 2 heterocycles. The summed E-state index contributed by atoms with van der Waals surface area (Å²) in [5, 5.41) is 1.82. The molecule has 0 spiro atoms. The number of aromatic nitrogens is 2. The number of H-pyrrole nitrogens is 1. The van der Waals surface area contributed by atoms with Crippen LogP contribution in [0.3, 0.4) is 0 Å². The van der Waals surface area contributed by atoms with Crippen LogP contribution in [0.15, 0.2) is 40.5 Å². The van der Waals surface area contributed by atoms with Gasteiger partial charge in [0.05, 0.1) is 23.1 Å². The molecule has 1 N–H and O–H groups in total. The number of rotatable bonds is 2. The summed E-state index contributed by atoms with van der Waals surface area (Å²) in [5.41, 5.74) is -1.24. The van der Waals surface area contributed by atoms with Crippen LogP contribution in [0.4, 0.5) is 13.2 Å². The summed E-state index contributed by atoms with van der Waals surface area (Å²) in [7, 11) is 0. The third-order valence-corrected chi connectivity index (χ3v) is 3.85. The van der Waals surface area contributed by atoms with E-state index in [0.29, 0.717) is 0 Å². The monoisotopic (exact) mass is 298 g/mol. The van der Waals surface area contributed by atoms with Gasteiger partial charge in [-0.25, -0.2) is 4.79 Å². The molecule has 3 nitrogen and oxygen atoms in total. The lowest BCUT2D eigenvalue weighted by molar-refractivity contribution is -0.136. The molecule has 0 atom stereocenters. The average Bonchev–Trinajstić information content (AvgIpc) is 2.97. The number of benzene rings is 1. The Hall–Kier alpha value is -2.02. The number of hydrogen-bond donors (Lipinski definition) is 1. The van der Waals surface area contributed by atoms with Crippen LogP contribution < -0.4 is 5.69 Å². The summed E-state index contributed by atoms with van der Waals surface area (Å²) in [4.78, 5) is 15.2. The predicted molar refractivity (Wildman–Crippen MR) is 71.0 cm³/mol. The standard InChI is InChI=1S/C13H9F3N2OS/c14-13(15,16)9-4-1-5-10-11(9)18(12(19)17-10)7-8-3-2-6-20-8/h1-6H,7H2,(H,17,19). The molecular formula is C13H9F3N2OS. The van der Waals surface area contributed by atoms with Gasteiger partial charge in [-0.2, -0.15) is 13.2 Å². The molecule has 0 saturated heterocycles. The number of hydrogen-bond acceptors (Lipinski definition) is 2. The molecule has 0 unspecified atom stereocenters. The Kier molecular flexibility index (Phi) is 2.93. The number of thiophene rings is 1. The van der Waals surface area contributed by atoms with Gasteiger partial charge in [0.15, 0.2) is 0 Å². The molecule has 0 aliphatic rings. The zero-order chi connectivity index (χ0) is 14.3. The van der Waals surface area contributed by atoms with Crippen molar-refractivity contribution in [1.82, 2.24) is 9.55 Å². The molecule has 0 fully saturated rings. The fourth-order valence-electron chi connectivity index (χ4n) is 2.16. The van der Waals surface area contributed by atoms with Gasteiger partial charge < -0.3 is 4.98 Å². The lowest BCUT2D eigenvalue weighted by atomic mass is 10.1. The Morgan fingerprint density at radius 1 is 1.20 bits per heavy atom. The lowest BCUT2D eigenvalue weighted by Gasteiger charge is -2.10. The van der Waals surface area contributed by atoms with Crippen LogP contribution in [0.2, 0.25) is 0 Å². The van der Waals surface area contributed by atoms with Crippen molar-refractivity contribution < 1.29 is 13.2 Å². The maximum atomic E-state index is 13.1.